The molecule has 2 saturated heterocycles. The number of amides is 4. The molecule has 0 aromatic carbocycles. The van der Waals surface area contributed by atoms with Gasteiger partial charge < -0.3 is 61.5 Å². The van der Waals surface area contributed by atoms with Gasteiger partial charge >= 0.3 is 11.9 Å². The number of aliphatic hydroxyl groups is 2. The molecule has 0 saturated carbocycles. The normalized spacial score (nSPS) is 22.5. The number of hydrogen-bond donors (Lipinski definition) is 9. The summed E-state index contributed by atoms with van der Waals surface area (Å²) in [6.07, 6.45) is 1.84. The second kappa shape index (κ2) is 21.8. The Morgan fingerprint density at radius 2 is 1.77 bits per heavy atom. The number of aliphatic hydroxyl groups excluding tert-OH is 2. The first-order valence-corrected chi connectivity index (χ1v) is 20.1. The molecule has 1 aromatic heterocycles. The van der Waals surface area contributed by atoms with Crippen molar-refractivity contribution in [2.75, 3.05) is 26.3 Å². The maximum atomic E-state index is 14.4. The number of nitrogens with two attached hydrogens (primary N) is 1. The fraction of sp³-hybridized carbons (Fsp3) is 0.667. The number of nitrogens with one attached hydrogen (secondary N) is 4. The summed E-state index contributed by atoms with van der Waals surface area (Å²) in [5.41, 5.74) is 6.73. The number of carboxylic acids is 2. The predicted molar refractivity (Wildman–Crippen MR) is 211 cm³/mol. The largest absolute Gasteiger partial charge is 0.511 e. The van der Waals surface area contributed by atoms with Crippen LogP contribution >= 0.6 is 0 Å². The molecule has 2 fully saturated rings. The molecule has 0 bridgehead atoms. The van der Waals surface area contributed by atoms with Crippen molar-refractivity contribution in [3.63, 3.8) is 0 Å². The van der Waals surface area contributed by atoms with E-state index >= 15 is 0 Å². The molecule has 1 aromatic rings. The fourth-order valence-electron chi connectivity index (χ4n) is 7.49. The maximum Gasteiger partial charge on any atom is 0.326 e. The summed E-state index contributed by atoms with van der Waals surface area (Å²) in [7, 11) is 0. The van der Waals surface area contributed by atoms with Gasteiger partial charge in [0, 0.05) is 62.8 Å². The first-order valence-electron chi connectivity index (χ1n) is 20.1. The Labute approximate surface area is 346 Å². The van der Waals surface area contributed by atoms with Crippen LogP contribution in [0.3, 0.4) is 0 Å². The lowest BCUT2D eigenvalue weighted by Crippen LogP contribution is -2.58. The molecule has 1 aliphatic carbocycles. The molecule has 3 heterocycles. The molecule has 60 heavy (non-hydrogen) atoms. The van der Waals surface area contributed by atoms with Crippen molar-refractivity contribution in [3.8, 4) is 0 Å². The van der Waals surface area contributed by atoms with Gasteiger partial charge in [0.1, 0.15) is 36.0 Å². The summed E-state index contributed by atoms with van der Waals surface area (Å²) in [5.74, 6) is -5.74. The molecule has 2 aliphatic heterocycles. The zero-order valence-electron chi connectivity index (χ0n) is 34.2. The number of aliphatic imine (C=N–C) groups is 1. The van der Waals surface area contributed by atoms with Crippen LogP contribution in [0.5, 0.6) is 0 Å². The van der Waals surface area contributed by atoms with Crippen LogP contribution in [-0.2, 0) is 49.5 Å². The number of carbonyl (C=O) groups is 7. The van der Waals surface area contributed by atoms with E-state index in [-0.39, 0.29) is 101 Å². The quantitative estimate of drug-likeness (QED) is 0.0531. The number of carboxylic acid groups (broad SMARTS) is 2. The molecule has 4 rings (SSSR count). The number of aromatic nitrogens is 2. The van der Waals surface area contributed by atoms with E-state index in [1.807, 2.05) is 13.8 Å². The molecule has 21 heteroatoms. The van der Waals surface area contributed by atoms with Crippen molar-refractivity contribution in [2.24, 2.45) is 16.1 Å². The number of ketones is 1. The maximum absolute atomic E-state index is 14.4. The minimum Gasteiger partial charge on any atom is -0.511 e. The highest BCUT2D eigenvalue weighted by Gasteiger charge is 2.41. The Balaban J connectivity index is 1.53. The van der Waals surface area contributed by atoms with E-state index < -0.39 is 83.6 Å². The van der Waals surface area contributed by atoms with Gasteiger partial charge in [0.25, 0.3) is 0 Å². The van der Waals surface area contributed by atoms with Crippen LogP contribution in [0.4, 0.5) is 0 Å². The number of Topliss-reactive ketones (excluding diaryl/α,β-unsaturated/α-hetero) is 1. The van der Waals surface area contributed by atoms with E-state index in [0.29, 0.717) is 24.2 Å². The van der Waals surface area contributed by atoms with Crippen molar-refractivity contribution in [2.45, 2.75) is 134 Å². The number of rotatable bonds is 22. The molecule has 10 N–H and O–H groups in total. The summed E-state index contributed by atoms with van der Waals surface area (Å²) < 4.78 is 10.9. The van der Waals surface area contributed by atoms with Gasteiger partial charge in [-0.2, -0.15) is 0 Å². The van der Waals surface area contributed by atoms with Crippen LogP contribution in [0.1, 0.15) is 90.7 Å². The van der Waals surface area contributed by atoms with E-state index in [4.69, 9.17) is 15.2 Å². The lowest BCUT2D eigenvalue weighted by atomic mass is 9.76. The molecular weight excluding hydrogens is 788 g/mol. The third-order valence-electron chi connectivity index (χ3n) is 10.6. The van der Waals surface area contributed by atoms with Crippen molar-refractivity contribution in [3.05, 3.63) is 29.6 Å². The smallest absolute Gasteiger partial charge is 0.326 e. The highest BCUT2D eigenvalue weighted by Crippen LogP contribution is 2.36. The Hall–Kier alpha value is -5.25. The van der Waals surface area contributed by atoms with Crippen LogP contribution in [0.25, 0.3) is 0 Å². The minimum atomic E-state index is -1.46. The number of likely N-dealkylation sites (tertiary alicyclic amines) is 1. The van der Waals surface area contributed by atoms with E-state index in [2.05, 4.69) is 30.9 Å². The zero-order valence-corrected chi connectivity index (χ0v) is 34.2. The van der Waals surface area contributed by atoms with Crippen molar-refractivity contribution in [1.29, 1.82) is 0 Å². The summed E-state index contributed by atoms with van der Waals surface area (Å²) in [4.78, 5) is 104. The molecule has 4 amide bonds. The third-order valence-corrected chi connectivity index (χ3v) is 10.6. The Kier molecular flexibility index (Phi) is 17.3. The summed E-state index contributed by atoms with van der Waals surface area (Å²) in [5, 5.41) is 46.9. The average molecular weight is 847 g/mol. The van der Waals surface area contributed by atoms with E-state index in [0.717, 1.165) is 0 Å². The van der Waals surface area contributed by atoms with Crippen LogP contribution < -0.4 is 21.7 Å². The van der Waals surface area contributed by atoms with Crippen molar-refractivity contribution >= 4 is 47.1 Å². The summed E-state index contributed by atoms with van der Waals surface area (Å²) in [6, 6.07) is -6.29. The standard InChI is InChI=1S/C39H58N8O13/c1-21(33-29(49)15-39(2,3)16-30(33)50)42-11-5-8-26(45-35(54)25(7-4-10-31(51)52)44-34(53)24(40)13-22-17-41-20-43-22)37(56)47-12-6-9-28(47)36(55)46-27(38(57)58)14-32-59-19-23(18-48)60-32/h17,20,23-28,32,48-49H,4-16,18-19,40H2,1-3H3,(H,41,43)(H,44,53)(H,45,54)(H,46,55)(H,51,52)(H,57,58)/t23?,24-,25-,26-,27-,28+,32?/m0/s1. The predicted octanol–water partition coefficient (Wildman–Crippen LogP) is -0.369. The number of hydrogen-bond acceptors (Lipinski definition) is 14. The highest BCUT2D eigenvalue weighted by atomic mass is 16.7. The Morgan fingerprint density at radius 1 is 1.05 bits per heavy atom. The number of ether oxygens (including phenoxy) is 2. The topological polar surface area (TPSA) is 325 Å². The lowest BCUT2D eigenvalue weighted by molar-refractivity contribution is -0.148. The van der Waals surface area contributed by atoms with Crippen LogP contribution in [0, 0.1) is 5.41 Å². The number of aliphatic carboxylic acids is 2. The minimum absolute atomic E-state index is 0.00853. The van der Waals surface area contributed by atoms with Gasteiger partial charge in [-0.25, -0.2) is 9.78 Å². The SMILES string of the molecule is CC(=NCCC[C@H](NC(=O)[C@H](CCCC(=O)O)NC(=O)[C@@H](N)Cc1cnc[nH]1)C(=O)N1CCC[C@@H]1C(=O)N[C@@H](CC1OCC(CO)O1)C(=O)O)C1=C(O)CC(C)(C)CC1=O. The average Bonchev–Trinajstić information content (AvgIpc) is 3.97. The van der Waals surface area contributed by atoms with Gasteiger partial charge in [0.2, 0.25) is 23.6 Å². The van der Waals surface area contributed by atoms with E-state index in [9.17, 15) is 54.0 Å². The molecule has 3 aliphatic rings. The number of imidazole rings is 1. The number of nitrogens with zero attached hydrogens (tertiary/aromatic N) is 3. The van der Waals surface area contributed by atoms with Gasteiger partial charge in [-0.15, -0.1) is 0 Å². The first kappa shape index (κ1) is 47.4. The van der Waals surface area contributed by atoms with Gasteiger partial charge in [-0.3, -0.25) is 33.8 Å². The highest BCUT2D eigenvalue weighted by molar-refractivity contribution is 6.22. The van der Waals surface area contributed by atoms with Crippen LogP contribution in [0.15, 0.2) is 28.8 Å². The number of carbonyl (C=O) groups excluding carboxylic acids is 5. The van der Waals surface area contributed by atoms with Crippen LogP contribution in [0.2, 0.25) is 0 Å². The monoisotopic (exact) mass is 846 g/mol. The fourth-order valence-corrected chi connectivity index (χ4v) is 7.49. The van der Waals surface area contributed by atoms with Crippen molar-refractivity contribution in [1.82, 2.24) is 30.8 Å². The Morgan fingerprint density at radius 3 is 2.40 bits per heavy atom. The summed E-state index contributed by atoms with van der Waals surface area (Å²) >= 11 is 0. The lowest BCUT2D eigenvalue weighted by Gasteiger charge is -2.31. The van der Waals surface area contributed by atoms with Gasteiger partial charge in [0.15, 0.2) is 12.1 Å². The molecule has 7 atom stereocenters. The number of H-pyrrole nitrogens is 1. The third kappa shape index (κ3) is 13.6. The molecular formula is C39H58N8O13. The molecule has 332 valence electrons. The first-order chi connectivity index (χ1) is 28.4. The molecule has 21 nitrogen and oxygen atoms in total. The van der Waals surface area contributed by atoms with Gasteiger partial charge in [-0.05, 0) is 50.9 Å². The number of aromatic amines is 1. The van der Waals surface area contributed by atoms with Crippen LogP contribution in [-0.4, -0.2) is 151 Å². The van der Waals surface area contributed by atoms with Gasteiger partial charge in [-0.1, -0.05) is 13.8 Å². The zero-order chi connectivity index (χ0) is 44.1. The second-order valence-electron chi connectivity index (χ2n) is 16.2. The van der Waals surface area contributed by atoms with Crippen molar-refractivity contribution < 1.29 is 63.5 Å². The Bertz CT molecular complexity index is 1780. The second-order valence-corrected chi connectivity index (χ2v) is 16.2. The molecule has 0 radical (unpaired) electrons. The van der Waals surface area contributed by atoms with E-state index in [1.54, 1.807) is 6.92 Å². The number of allylic oxidation sites excluding steroid dienone is 2. The molecule has 2 unspecified atom stereocenters. The van der Waals surface area contributed by atoms with E-state index in [1.165, 1.54) is 17.4 Å². The summed E-state index contributed by atoms with van der Waals surface area (Å²) in [6.45, 7) is 5.23. The molecule has 0 spiro atoms. The van der Waals surface area contributed by atoms with Gasteiger partial charge in [0.05, 0.1) is 31.2 Å².